The number of hydrogen-bond acceptors (Lipinski definition) is 12. The largest absolute Gasteiger partial charge is 0.496 e. The number of carbonyl (C=O) groups is 4. The second-order valence-corrected chi connectivity index (χ2v) is 18.6. The number of methoxy groups -OCH3 is 3. The molecule has 9 rings (SSSR count). The van der Waals surface area contributed by atoms with Crippen LogP contribution in [0.3, 0.4) is 0 Å². The highest BCUT2D eigenvalue weighted by Gasteiger charge is 2.81. The number of aliphatic hydroxyl groups is 2. The van der Waals surface area contributed by atoms with E-state index in [-0.39, 0.29) is 12.3 Å². The van der Waals surface area contributed by atoms with Crippen LogP contribution in [0.25, 0.3) is 10.9 Å². The first-order chi connectivity index (χ1) is 29.2. The molecule has 2 saturated heterocycles. The van der Waals surface area contributed by atoms with Crippen molar-refractivity contribution in [3.05, 3.63) is 70.4 Å². The third-order valence-corrected chi connectivity index (χ3v) is 15.7. The van der Waals surface area contributed by atoms with Crippen molar-refractivity contribution in [2.75, 3.05) is 59.0 Å². The molecule has 1 aliphatic carbocycles. The van der Waals surface area contributed by atoms with Gasteiger partial charge >= 0.3 is 17.9 Å². The highest BCUT2D eigenvalue weighted by atomic mass is 16.6. The quantitative estimate of drug-likeness (QED) is 0.130. The molecule has 3 fully saturated rings. The van der Waals surface area contributed by atoms with Crippen LogP contribution in [0.4, 0.5) is 5.69 Å². The molecule has 2 unspecified atom stereocenters. The first-order valence-electron chi connectivity index (χ1n) is 21.7. The van der Waals surface area contributed by atoms with Gasteiger partial charge in [-0.15, -0.1) is 0 Å². The molecule has 5 aliphatic heterocycles. The van der Waals surface area contributed by atoms with Gasteiger partial charge in [-0.1, -0.05) is 37.6 Å². The predicted octanol–water partition coefficient (Wildman–Crippen LogP) is 3.83. The van der Waals surface area contributed by atoms with E-state index in [1.165, 1.54) is 33.2 Å². The van der Waals surface area contributed by atoms with E-state index in [0.717, 1.165) is 22.0 Å². The summed E-state index contributed by atoms with van der Waals surface area (Å²) < 4.78 is 23.7. The van der Waals surface area contributed by atoms with Crippen molar-refractivity contribution in [1.29, 1.82) is 0 Å². The number of nitrogens with zero attached hydrogens (tertiary/aromatic N) is 3. The van der Waals surface area contributed by atoms with E-state index in [4.69, 9.17) is 18.9 Å². The van der Waals surface area contributed by atoms with Gasteiger partial charge in [-0.3, -0.25) is 24.2 Å². The summed E-state index contributed by atoms with van der Waals surface area (Å²) in [4.78, 5) is 66.3. The number of esters is 3. The molecule has 6 heterocycles. The summed E-state index contributed by atoms with van der Waals surface area (Å²) in [5.74, 6) is -2.06. The van der Waals surface area contributed by atoms with E-state index in [9.17, 15) is 24.6 Å². The summed E-state index contributed by atoms with van der Waals surface area (Å²) in [6.07, 6.45) is 5.83. The fourth-order valence-electron chi connectivity index (χ4n) is 13.5. The normalized spacial score (nSPS) is 36.1. The van der Waals surface area contributed by atoms with E-state index >= 15 is 4.79 Å². The van der Waals surface area contributed by atoms with E-state index in [0.29, 0.717) is 99.5 Å². The maximum atomic E-state index is 15.4. The van der Waals surface area contributed by atoms with Crippen LogP contribution in [0.5, 0.6) is 5.75 Å². The number of anilines is 1. The molecule has 14 heteroatoms. The van der Waals surface area contributed by atoms with Crippen LogP contribution in [-0.2, 0) is 50.6 Å². The van der Waals surface area contributed by atoms with Crippen molar-refractivity contribution < 1.29 is 48.3 Å². The monoisotopic (exact) mass is 838 g/mol. The Kier molecular flexibility index (Phi) is 9.82. The molecule has 14 nitrogen and oxygen atoms in total. The van der Waals surface area contributed by atoms with Crippen molar-refractivity contribution in [1.82, 2.24) is 14.8 Å². The molecule has 2 bridgehead atoms. The Labute approximate surface area is 356 Å². The van der Waals surface area contributed by atoms with Crippen LogP contribution < -0.4 is 9.64 Å². The lowest BCUT2D eigenvalue weighted by molar-refractivity contribution is -0.228. The van der Waals surface area contributed by atoms with Crippen LogP contribution in [0.1, 0.15) is 80.8 Å². The van der Waals surface area contributed by atoms with E-state index in [2.05, 4.69) is 20.9 Å². The average molecular weight is 839 g/mol. The minimum atomic E-state index is -2.53. The SMILES string of the molecule is CC[C@]1(O)C[C@H]2CN(CCc3c([nH]c4ccc(C)cc34)[C@@](C(=O)OC)(c3cc4c(cc3OC)N(C=O)C3[C@]45CCN4CC=C[C@@](CC)([C@@H](OC(C)=O)[C@]3(O)C(=O)OC)[C@H]45)C2)C1. The Morgan fingerprint density at radius 1 is 0.967 bits per heavy atom. The standard InChI is InChI=1S/C47H58N4O10/c1-8-43(56)22-29-23-46(41(54)59-6,37-30(13-17-49(24-29)25-43)31-19-27(3)11-12-34(31)48-37)33-20-32-35(21-36(33)58-5)51(26-52)39-45(32)15-18-50-16-10-14-44(9-2,38(45)50)40(61-28(4)53)47(39,57)42(55)60-7/h10-12,14,19-21,26,29,38-40,48,56-57H,8-9,13,15-18,22-25H2,1-7H3/t29-,38+,39?,40-,43+,44-,45-,46+,47+/m1/s1. The summed E-state index contributed by atoms with van der Waals surface area (Å²) in [5, 5.41) is 26.3. The van der Waals surface area contributed by atoms with Gasteiger partial charge in [-0.2, -0.15) is 0 Å². The molecule has 2 aromatic carbocycles. The smallest absolute Gasteiger partial charge is 0.344 e. The van der Waals surface area contributed by atoms with Crippen LogP contribution in [0.2, 0.25) is 0 Å². The zero-order valence-electron chi connectivity index (χ0n) is 36.2. The topological polar surface area (TPSA) is 171 Å². The maximum absolute atomic E-state index is 15.4. The van der Waals surface area contributed by atoms with Gasteiger partial charge in [0.2, 0.25) is 12.0 Å². The number of H-pyrrole nitrogens is 1. The Bertz CT molecular complexity index is 2360. The third kappa shape index (κ3) is 5.47. The lowest BCUT2D eigenvalue weighted by Crippen LogP contribution is -2.81. The van der Waals surface area contributed by atoms with E-state index < -0.39 is 63.5 Å². The van der Waals surface area contributed by atoms with Crippen LogP contribution in [0, 0.1) is 18.3 Å². The van der Waals surface area contributed by atoms with E-state index in [1.54, 1.807) is 6.07 Å². The van der Waals surface area contributed by atoms with Gasteiger partial charge in [-0.25, -0.2) is 4.79 Å². The van der Waals surface area contributed by atoms with Crippen LogP contribution >= 0.6 is 0 Å². The number of nitrogens with one attached hydrogen (secondary N) is 1. The lowest BCUT2D eigenvalue weighted by Gasteiger charge is -2.63. The highest BCUT2D eigenvalue weighted by molar-refractivity contribution is 5.96. The van der Waals surface area contributed by atoms with Crippen molar-refractivity contribution in [3.63, 3.8) is 0 Å². The van der Waals surface area contributed by atoms with Crippen LogP contribution in [0.15, 0.2) is 42.5 Å². The number of amides is 1. The second kappa shape index (κ2) is 14.4. The fraction of sp³-hybridized carbons (Fsp3) is 0.574. The number of rotatable bonds is 8. The van der Waals surface area contributed by atoms with Crippen molar-refractivity contribution in [2.24, 2.45) is 11.3 Å². The number of hydrogen-bond donors (Lipinski definition) is 3. The molecule has 3 aromatic rings. The second-order valence-electron chi connectivity index (χ2n) is 18.6. The molecule has 326 valence electrons. The molecule has 1 amide bonds. The zero-order valence-corrected chi connectivity index (χ0v) is 36.2. The molecule has 6 aliphatic rings. The van der Waals surface area contributed by atoms with E-state index in [1.807, 2.05) is 51.1 Å². The highest BCUT2D eigenvalue weighted by Crippen LogP contribution is 2.68. The fourth-order valence-corrected chi connectivity index (χ4v) is 13.5. The molecular weight excluding hydrogens is 781 g/mol. The molecule has 0 radical (unpaired) electrons. The number of aromatic amines is 1. The molecule has 1 spiro atoms. The third-order valence-electron chi connectivity index (χ3n) is 15.7. The molecule has 1 aromatic heterocycles. The van der Waals surface area contributed by atoms with Gasteiger partial charge in [0.25, 0.3) is 0 Å². The first-order valence-corrected chi connectivity index (χ1v) is 21.7. The predicted molar refractivity (Wildman–Crippen MR) is 225 cm³/mol. The summed E-state index contributed by atoms with van der Waals surface area (Å²) in [6.45, 7) is 10.2. The minimum Gasteiger partial charge on any atom is -0.496 e. The summed E-state index contributed by atoms with van der Waals surface area (Å²) in [6, 6.07) is 8.20. The summed E-state index contributed by atoms with van der Waals surface area (Å²) in [5.41, 5.74) is -2.08. The Morgan fingerprint density at radius 2 is 1.74 bits per heavy atom. The maximum Gasteiger partial charge on any atom is 0.344 e. The molecule has 1 saturated carbocycles. The molecule has 61 heavy (non-hydrogen) atoms. The Hall–Kier alpha value is -4.76. The van der Waals surface area contributed by atoms with Gasteiger partial charge in [-0.05, 0) is 87.2 Å². The lowest BCUT2D eigenvalue weighted by atomic mass is 9.47. The summed E-state index contributed by atoms with van der Waals surface area (Å²) >= 11 is 0. The van der Waals surface area contributed by atoms with Gasteiger partial charge in [0.1, 0.15) is 11.2 Å². The van der Waals surface area contributed by atoms with Gasteiger partial charge in [0.15, 0.2) is 6.10 Å². The number of carbonyl (C=O) groups excluding carboxylic acids is 4. The Balaban J connectivity index is 1.38. The number of aromatic nitrogens is 1. The van der Waals surface area contributed by atoms with Gasteiger partial charge in [0, 0.05) is 78.2 Å². The van der Waals surface area contributed by atoms with Crippen molar-refractivity contribution >= 4 is 40.9 Å². The summed E-state index contributed by atoms with van der Waals surface area (Å²) in [7, 11) is 4.10. The van der Waals surface area contributed by atoms with Crippen molar-refractivity contribution in [2.45, 2.75) is 106 Å². The Morgan fingerprint density at radius 3 is 2.41 bits per heavy atom. The number of piperidine rings is 1. The van der Waals surface area contributed by atoms with Crippen molar-refractivity contribution in [3.8, 4) is 5.75 Å². The number of fused-ring (bicyclic) bond motifs is 6. The molecule has 3 N–H and O–H groups in total. The number of ether oxygens (including phenoxy) is 4. The van der Waals surface area contributed by atoms with Gasteiger partial charge < -0.3 is 39.0 Å². The van der Waals surface area contributed by atoms with Gasteiger partial charge in [0.05, 0.1) is 38.7 Å². The molecular formula is C47H58N4O10. The first kappa shape index (κ1) is 41.6. The minimum absolute atomic E-state index is 0.158. The number of aryl methyl sites for hydroxylation is 1. The molecule has 10 atom stereocenters. The number of benzene rings is 2. The van der Waals surface area contributed by atoms with Crippen LogP contribution in [-0.4, -0.2) is 133 Å². The average Bonchev–Trinajstić information content (AvgIpc) is 3.92. The zero-order chi connectivity index (χ0) is 43.4.